The molecule has 1 heterocycles. The maximum absolute atomic E-state index is 11.9. The Morgan fingerprint density at radius 3 is 2.76 bits per heavy atom. The van der Waals surface area contributed by atoms with E-state index in [-0.39, 0.29) is 6.54 Å². The number of nitrogens with zero attached hydrogens (tertiary/aromatic N) is 2. The predicted molar refractivity (Wildman–Crippen MR) is 58.7 cm³/mol. The Kier molecular flexibility index (Phi) is 3.33. The maximum Gasteiger partial charge on any atom is 0.401 e. The first-order chi connectivity index (χ1) is 8.06. The van der Waals surface area contributed by atoms with Crippen molar-refractivity contribution in [2.24, 2.45) is 0 Å². The van der Waals surface area contributed by atoms with Crippen molar-refractivity contribution in [1.29, 1.82) is 0 Å². The van der Waals surface area contributed by atoms with Crippen LogP contribution >= 0.6 is 0 Å². The second-order valence-corrected chi connectivity index (χ2v) is 3.72. The molecule has 0 aliphatic rings. The highest BCUT2D eigenvalue weighted by molar-refractivity contribution is 5.78. The van der Waals surface area contributed by atoms with Crippen molar-refractivity contribution >= 4 is 10.9 Å². The number of fused-ring (bicyclic) bond motifs is 1. The average Bonchev–Trinajstić information content (AvgIpc) is 2.67. The Morgan fingerprint density at radius 1 is 1.24 bits per heavy atom. The minimum absolute atomic E-state index is 0.241. The normalized spacial score (nSPS) is 12.2. The highest BCUT2D eigenvalue weighted by Crippen LogP contribution is 2.13. The summed E-state index contributed by atoms with van der Waals surface area (Å²) in [7, 11) is 0. The summed E-state index contributed by atoms with van der Waals surface area (Å²) >= 11 is 0. The smallest absolute Gasteiger partial charge is 0.307 e. The first-order valence-electron chi connectivity index (χ1n) is 5.24. The molecule has 3 nitrogen and oxygen atoms in total. The molecule has 0 bridgehead atoms. The van der Waals surface area contributed by atoms with Crippen LogP contribution in [0.2, 0.25) is 0 Å². The zero-order valence-electron chi connectivity index (χ0n) is 9.04. The lowest BCUT2D eigenvalue weighted by Crippen LogP contribution is -2.31. The van der Waals surface area contributed by atoms with Gasteiger partial charge in [-0.25, -0.2) is 0 Å². The number of benzene rings is 1. The van der Waals surface area contributed by atoms with Crippen molar-refractivity contribution in [2.45, 2.75) is 12.7 Å². The third-order valence-electron chi connectivity index (χ3n) is 2.38. The molecule has 92 valence electrons. The first kappa shape index (κ1) is 11.9. The molecule has 0 saturated heterocycles. The topological polar surface area (TPSA) is 29.9 Å². The fraction of sp³-hybridized carbons (Fsp3) is 0.364. The Hall–Kier alpha value is -1.56. The quantitative estimate of drug-likeness (QED) is 0.834. The standard InChI is InChI=1S/C11H12F3N3/c12-11(13,14)8-15-5-6-17-10-4-2-1-3-9(10)7-16-17/h1-4,7,15H,5-6,8H2. The van der Waals surface area contributed by atoms with Gasteiger partial charge < -0.3 is 5.32 Å². The van der Waals surface area contributed by atoms with Gasteiger partial charge in [0, 0.05) is 11.9 Å². The fourth-order valence-electron chi connectivity index (χ4n) is 1.62. The molecule has 6 heteroatoms. The summed E-state index contributed by atoms with van der Waals surface area (Å²) in [5.74, 6) is 0. The summed E-state index contributed by atoms with van der Waals surface area (Å²) in [6, 6.07) is 7.59. The molecule has 2 rings (SSSR count). The monoisotopic (exact) mass is 243 g/mol. The summed E-state index contributed by atoms with van der Waals surface area (Å²) in [6.07, 6.45) is -2.45. The third kappa shape index (κ3) is 3.20. The van der Waals surface area contributed by atoms with E-state index in [4.69, 9.17) is 0 Å². The summed E-state index contributed by atoms with van der Waals surface area (Å²) in [5.41, 5.74) is 0.932. The number of nitrogens with one attached hydrogen (secondary N) is 1. The molecule has 0 aliphatic carbocycles. The van der Waals surface area contributed by atoms with E-state index in [0.29, 0.717) is 6.54 Å². The van der Waals surface area contributed by atoms with Crippen molar-refractivity contribution in [2.75, 3.05) is 13.1 Å². The van der Waals surface area contributed by atoms with Gasteiger partial charge in [0.2, 0.25) is 0 Å². The van der Waals surface area contributed by atoms with Crippen LogP contribution in [-0.2, 0) is 6.54 Å². The lowest BCUT2D eigenvalue weighted by atomic mass is 10.3. The molecule has 0 atom stereocenters. The number of para-hydroxylation sites is 1. The van der Waals surface area contributed by atoms with Gasteiger partial charge in [-0.3, -0.25) is 4.68 Å². The van der Waals surface area contributed by atoms with E-state index < -0.39 is 12.7 Å². The van der Waals surface area contributed by atoms with Crippen LogP contribution in [0.3, 0.4) is 0 Å². The Morgan fingerprint density at radius 2 is 2.00 bits per heavy atom. The molecule has 2 aromatic rings. The van der Waals surface area contributed by atoms with Gasteiger partial charge in [0.05, 0.1) is 24.8 Å². The lowest BCUT2D eigenvalue weighted by molar-refractivity contribution is -0.124. The van der Waals surface area contributed by atoms with Gasteiger partial charge in [-0.05, 0) is 6.07 Å². The second-order valence-electron chi connectivity index (χ2n) is 3.72. The van der Waals surface area contributed by atoms with Crippen molar-refractivity contribution in [1.82, 2.24) is 15.1 Å². The number of hydrogen-bond acceptors (Lipinski definition) is 2. The zero-order valence-corrected chi connectivity index (χ0v) is 9.04. The van der Waals surface area contributed by atoms with Crippen molar-refractivity contribution in [3.63, 3.8) is 0 Å². The summed E-state index contributed by atoms with van der Waals surface area (Å²) in [4.78, 5) is 0. The van der Waals surface area contributed by atoms with Crippen LogP contribution < -0.4 is 5.32 Å². The van der Waals surface area contributed by atoms with Crippen LogP contribution in [0.5, 0.6) is 0 Å². The van der Waals surface area contributed by atoms with Crippen LogP contribution in [0.25, 0.3) is 10.9 Å². The lowest BCUT2D eigenvalue weighted by Gasteiger charge is -2.08. The fourth-order valence-corrected chi connectivity index (χ4v) is 1.62. The van der Waals surface area contributed by atoms with E-state index in [1.807, 2.05) is 24.3 Å². The molecule has 1 N–H and O–H groups in total. The van der Waals surface area contributed by atoms with Gasteiger partial charge in [0.15, 0.2) is 0 Å². The molecule has 0 aliphatic heterocycles. The molecule has 0 unspecified atom stereocenters. The van der Waals surface area contributed by atoms with Gasteiger partial charge in [-0.1, -0.05) is 18.2 Å². The van der Waals surface area contributed by atoms with Gasteiger partial charge in [0.1, 0.15) is 0 Å². The number of rotatable bonds is 4. The Labute approximate surface area is 96.2 Å². The van der Waals surface area contributed by atoms with E-state index in [2.05, 4.69) is 10.4 Å². The van der Waals surface area contributed by atoms with E-state index in [9.17, 15) is 13.2 Å². The highest BCUT2D eigenvalue weighted by Gasteiger charge is 2.25. The molecule has 0 amide bonds. The van der Waals surface area contributed by atoms with E-state index in [1.165, 1.54) is 0 Å². The molecular weight excluding hydrogens is 231 g/mol. The zero-order chi connectivity index (χ0) is 12.3. The van der Waals surface area contributed by atoms with Gasteiger partial charge in [-0.2, -0.15) is 18.3 Å². The van der Waals surface area contributed by atoms with E-state index >= 15 is 0 Å². The number of alkyl halides is 3. The molecule has 0 radical (unpaired) electrons. The van der Waals surface area contributed by atoms with Gasteiger partial charge in [-0.15, -0.1) is 0 Å². The van der Waals surface area contributed by atoms with Crippen molar-refractivity contribution < 1.29 is 13.2 Å². The Bertz CT molecular complexity index is 490. The first-order valence-corrected chi connectivity index (χ1v) is 5.24. The van der Waals surface area contributed by atoms with Crippen LogP contribution in [0.15, 0.2) is 30.5 Å². The summed E-state index contributed by atoms with van der Waals surface area (Å²) in [5, 5.41) is 7.46. The molecule has 1 aromatic carbocycles. The second kappa shape index (κ2) is 4.75. The predicted octanol–water partition coefficient (Wildman–Crippen LogP) is 2.19. The summed E-state index contributed by atoms with van der Waals surface area (Å²) in [6.45, 7) is -0.305. The average molecular weight is 243 g/mol. The van der Waals surface area contributed by atoms with Crippen molar-refractivity contribution in [3.05, 3.63) is 30.5 Å². The van der Waals surface area contributed by atoms with Crippen LogP contribution in [-0.4, -0.2) is 29.0 Å². The van der Waals surface area contributed by atoms with Crippen LogP contribution in [0.4, 0.5) is 13.2 Å². The van der Waals surface area contributed by atoms with E-state index in [1.54, 1.807) is 10.9 Å². The summed E-state index contributed by atoms with van der Waals surface area (Å²) < 4.78 is 37.4. The van der Waals surface area contributed by atoms with Crippen molar-refractivity contribution in [3.8, 4) is 0 Å². The minimum Gasteiger partial charge on any atom is -0.307 e. The number of hydrogen-bond donors (Lipinski definition) is 1. The molecule has 0 spiro atoms. The molecule has 0 saturated carbocycles. The molecule has 1 aromatic heterocycles. The number of aromatic nitrogens is 2. The largest absolute Gasteiger partial charge is 0.401 e. The molecular formula is C11H12F3N3. The third-order valence-corrected chi connectivity index (χ3v) is 2.38. The van der Waals surface area contributed by atoms with Crippen LogP contribution in [0, 0.1) is 0 Å². The Balaban J connectivity index is 1.91. The SMILES string of the molecule is FC(F)(F)CNCCn1ncc2ccccc21. The molecule has 17 heavy (non-hydrogen) atoms. The highest BCUT2D eigenvalue weighted by atomic mass is 19.4. The number of halogens is 3. The maximum atomic E-state index is 11.9. The van der Waals surface area contributed by atoms with E-state index in [0.717, 1.165) is 10.9 Å². The van der Waals surface area contributed by atoms with Crippen LogP contribution in [0.1, 0.15) is 0 Å². The van der Waals surface area contributed by atoms with Gasteiger partial charge in [0.25, 0.3) is 0 Å². The van der Waals surface area contributed by atoms with Gasteiger partial charge >= 0.3 is 6.18 Å². The minimum atomic E-state index is -4.16. The molecule has 0 fully saturated rings.